The van der Waals surface area contributed by atoms with Gasteiger partial charge in [0.05, 0.1) is 25.4 Å². The molecule has 0 bridgehead atoms. The summed E-state index contributed by atoms with van der Waals surface area (Å²) in [6, 6.07) is 7.24. The van der Waals surface area contributed by atoms with Crippen LogP contribution in [0.3, 0.4) is 0 Å². The van der Waals surface area contributed by atoms with Crippen molar-refractivity contribution in [3.05, 3.63) is 35.6 Å². The van der Waals surface area contributed by atoms with Crippen molar-refractivity contribution in [2.45, 2.75) is 38.0 Å². The Balaban J connectivity index is 1.43. The van der Waals surface area contributed by atoms with E-state index >= 15 is 0 Å². The van der Waals surface area contributed by atoms with Crippen LogP contribution in [-0.4, -0.2) is 60.4 Å². The number of fused-ring (bicyclic) bond motifs is 1. The van der Waals surface area contributed by atoms with Gasteiger partial charge in [-0.2, -0.15) is 0 Å². The number of aliphatic hydroxyl groups excluding tert-OH is 1. The number of morpholine rings is 1. The number of amides is 1. The molecule has 0 unspecified atom stereocenters. The van der Waals surface area contributed by atoms with Crippen molar-refractivity contribution in [3.8, 4) is 0 Å². The summed E-state index contributed by atoms with van der Waals surface area (Å²) in [6.07, 6.45) is 1.15. The maximum Gasteiger partial charge on any atom is 0.251 e. The van der Waals surface area contributed by atoms with E-state index in [0.29, 0.717) is 18.8 Å². The third kappa shape index (κ3) is 3.29. The van der Waals surface area contributed by atoms with Crippen LogP contribution in [0.1, 0.15) is 29.0 Å². The second-order valence-corrected chi connectivity index (χ2v) is 6.97. The maximum atomic E-state index is 12.6. The summed E-state index contributed by atoms with van der Waals surface area (Å²) >= 11 is 0. The molecule has 25 heavy (non-hydrogen) atoms. The van der Waals surface area contributed by atoms with Crippen LogP contribution >= 0.6 is 0 Å². The number of furan rings is 1. The van der Waals surface area contributed by atoms with Gasteiger partial charge in [0, 0.05) is 30.1 Å². The number of rotatable bonds is 3. The van der Waals surface area contributed by atoms with Gasteiger partial charge in [-0.05, 0) is 44.0 Å². The molecule has 0 spiro atoms. The fourth-order valence-electron chi connectivity index (χ4n) is 3.99. The molecule has 2 N–H and O–H groups in total. The fraction of sp³-hybridized carbons (Fsp3) is 0.526. The number of carbonyl (C=O) groups excluding carboxylic acids is 1. The third-order valence-corrected chi connectivity index (χ3v) is 5.31. The quantitative estimate of drug-likeness (QED) is 0.886. The van der Waals surface area contributed by atoms with Crippen LogP contribution in [0.15, 0.2) is 28.7 Å². The molecule has 2 aliphatic rings. The standard InChI is InChI=1S/C19H24N2O4/c1-12-10-14-11-13(2-5-17(14)25-12)19(23)20-15-3-4-16(18(15)22)21-6-8-24-9-7-21/h2,5,10-11,15-16,18,22H,3-4,6-9H2,1H3,(H,20,23)/t15-,16-,18-/m1/s1. The number of aliphatic hydroxyl groups is 1. The molecular formula is C19H24N2O4. The number of hydrogen-bond acceptors (Lipinski definition) is 5. The molecular weight excluding hydrogens is 320 g/mol. The van der Waals surface area contributed by atoms with Gasteiger partial charge in [0.15, 0.2) is 0 Å². The summed E-state index contributed by atoms with van der Waals surface area (Å²) in [7, 11) is 0. The smallest absolute Gasteiger partial charge is 0.251 e. The molecule has 2 aromatic rings. The van der Waals surface area contributed by atoms with Crippen LogP contribution in [0.5, 0.6) is 0 Å². The molecule has 6 nitrogen and oxygen atoms in total. The zero-order chi connectivity index (χ0) is 17.4. The van der Waals surface area contributed by atoms with Gasteiger partial charge in [-0.15, -0.1) is 0 Å². The van der Waals surface area contributed by atoms with Crippen LogP contribution in [0.2, 0.25) is 0 Å². The highest BCUT2D eigenvalue weighted by atomic mass is 16.5. The molecule has 1 aromatic carbocycles. The predicted molar refractivity (Wildman–Crippen MR) is 93.6 cm³/mol. The highest BCUT2D eigenvalue weighted by Crippen LogP contribution is 2.26. The highest BCUT2D eigenvalue weighted by Gasteiger charge is 2.39. The van der Waals surface area contributed by atoms with Crippen LogP contribution in [0.25, 0.3) is 11.0 Å². The molecule has 1 aliphatic heterocycles. The minimum atomic E-state index is -0.540. The van der Waals surface area contributed by atoms with Gasteiger partial charge in [0.25, 0.3) is 5.91 Å². The Labute approximate surface area is 146 Å². The first-order chi connectivity index (χ1) is 12.1. The number of carbonyl (C=O) groups is 1. The Morgan fingerprint density at radius 1 is 1.24 bits per heavy atom. The maximum absolute atomic E-state index is 12.6. The lowest BCUT2D eigenvalue weighted by Gasteiger charge is -2.34. The van der Waals surface area contributed by atoms with Gasteiger partial charge in [-0.1, -0.05) is 0 Å². The summed E-state index contributed by atoms with van der Waals surface area (Å²) in [4.78, 5) is 14.9. The van der Waals surface area contributed by atoms with Gasteiger partial charge in [-0.3, -0.25) is 9.69 Å². The third-order valence-electron chi connectivity index (χ3n) is 5.31. The monoisotopic (exact) mass is 344 g/mol. The first-order valence-electron chi connectivity index (χ1n) is 8.93. The molecule has 1 aliphatic carbocycles. The molecule has 6 heteroatoms. The van der Waals surface area contributed by atoms with Gasteiger partial charge < -0.3 is 19.6 Å². The molecule has 1 saturated carbocycles. The molecule has 1 aromatic heterocycles. The Morgan fingerprint density at radius 3 is 2.84 bits per heavy atom. The number of nitrogens with zero attached hydrogens (tertiary/aromatic N) is 1. The van der Waals surface area contributed by atoms with Crippen LogP contribution in [0, 0.1) is 6.92 Å². The van der Waals surface area contributed by atoms with E-state index in [1.54, 1.807) is 6.07 Å². The lowest BCUT2D eigenvalue weighted by molar-refractivity contribution is -0.0154. The Morgan fingerprint density at radius 2 is 2.04 bits per heavy atom. The first-order valence-corrected chi connectivity index (χ1v) is 8.93. The topological polar surface area (TPSA) is 74.9 Å². The SMILES string of the molecule is Cc1cc2cc(C(=O)N[C@@H]3CC[C@@H](N4CCOCC4)[C@@H]3O)ccc2o1. The summed E-state index contributed by atoms with van der Waals surface area (Å²) in [5, 5.41) is 14.6. The molecule has 2 fully saturated rings. The number of ether oxygens (including phenoxy) is 1. The summed E-state index contributed by atoms with van der Waals surface area (Å²) < 4.78 is 10.9. The zero-order valence-electron chi connectivity index (χ0n) is 14.4. The van der Waals surface area contributed by atoms with E-state index in [4.69, 9.17) is 9.15 Å². The van der Waals surface area contributed by atoms with E-state index in [9.17, 15) is 9.90 Å². The van der Waals surface area contributed by atoms with E-state index in [2.05, 4.69) is 10.2 Å². The van der Waals surface area contributed by atoms with Crippen molar-refractivity contribution in [1.82, 2.24) is 10.2 Å². The zero-order valence-corrected chi connectivity index (χ0v) is 14.4. The van der Waals surface area contributed by atoms with E-state index in [1.165, 1.54) is 0 Å². The Kier molecular flexibility index (Phi) is 4.50. The van der Waals surface area contributed by atoms with Gasteiger partial charge in [0.2, 0.25) is 0 Å². The molecule has 4 rings (SSSR count). The van der Waals surface area contributed by atoms with Gasteiger partial charge in [-0.25, -0.2) is 0 Å². The molecule has 1 amide bonds. The lowest BCUT2D eigenvalue weighted by atomic mass is 10.1. The second-order valence-electron chi connectivity index (χ2n) is 6.97. The van der Waals surface area contributed by atoms with E-state index in [1.807, 2.05) is 25.1 Å². The van der Waals surface area contributed by atoms with Gasteiger partial charge >= 0.3 is 0 Å². The lowest BCUT2D eigenvalue weighted by Crippen LogP contribution is -2.51. The average Bonchev–Trinajstić information content (AvgIpc) is 3.17. The fourth-order valence-corrected chi connectivity index (χ4v) is 3.99. The van der Waals surface area contributed by atoms with Crippen LogP contribution in [0.4, 0.5) is 0 Å². The molecule has 3 atom stereocenters. The van der Waals surface area contributed by atoms with E-state index in [0.717, 1.165) is 42.7 Å². The van der Waals surface area contributed by atoms with Gasteiger partial charge in [0.1, 0.15) is 11.3 Å². The van der Waals surface area contributed by atoms with Crippen molar-refractivity contribution in [2.75, 3.05) is 26.3 Å². The van der Waals surface area contributed by atoms with Crippen LogP contribution in [-0.2, 0) is 4.74 Å². The van der Waals surface area contributed by atoms with Crippen molar-refractivity contribution < 1.29 is 19.1 Å². The van der Waals surface area contributed by atoms with Crippen molar-refractivity contribution in [2.24, 2.45) is 0 Å². The van der Waals surface area contributed by atoms with E-state index < -0.39 is 6.10 Å². The van der Waals surface area contributed by atoms with Crippen molar-refractivity contribution in [1.29, 1.82) is 0 Å². The van der Waals surface area contributed by atoms with Crippen molar-refractivity contribution >= 4 is 16.9 Å². The molecule has 134 valence electrons. The number of hydrogen-bond donors (Lipinski definition) is 2. The highest BCUT2D eigenvalue weighted by molar-refractivity contribution is 5.98. The Bertz CT molecular complexity index is 766. The van der Waals surface area contributed by atoms with Crippen LogP contribution < -0.4 is 5.32 Å². The second kappa shape index (κ2) is 6.78. The summed E-state index contributed by atoms with van der Waals surface area (Å²) in [5.74, 6) is 0.680. The normalized spacial score (nSPS) is 27.7. The predicted octanol–water partition coefficient (Wildman–Crippen LogP) is 1.70. The molecule has 2 heterocycles. The summed E-state index contributed by atoms with van der Waals surface area (Å²) in [6.45, 7) is 5.01. The number of nitrogens with one attached hydrogen (secondary N) is 1. The average molecular weight is 344 g/mol. The molecule has 1 saturated heterocycles. The number of benzene rings is 1. The minimum Gasteiger partial charge on any atom is -0.461 e. The minimum absolute atomic E-state index is 0.105. The summed E-state index contributed by atoms with van der Waals surface area (Å²) in [5.41, 5.74) is 1.37. The van der Waals surface area contributed by atoms with E-state index in [-0.39, 0.29) is 18.0 Å². The molecule has 0 radical (unpaired) electrons. The largest absolute Gasteiger partial charge is 0.461 e. The van der Waals surface area contributed by atoms with Crippen molar-refractivity contribution in [3.63, 3.8) is 0 Å². The number of aryl methyl sites for hydroxylation is 1. The Hall–Kier alpha value is -1.89. The first kappa shape index (κ1) is 16.6.